The van der Waals surface area contributed by atoms with E-state index in [0.717, 1.165) is 18.4 Å². The highest BCUT2D eigenvalue weighted by Crippen LogP contribution is 2.19. The van der Waals surface area contributed by atoms with Crippen molar-refractivity contribution in [3.8, 4) is 0 Å². The molecule has 1 amide bonds. The quantitative estimate of drug-likeness (QED) is 0.543. The Morgan fingerprint density at radius 3 is 2.68 bits per heavy atom. The fourth-order valence-corrected chi connectivity index (χ4v) is 3.48. The largest absolute Gasteiger partial charge is 0.361 e. The molecule has 0 aliphatic carbocycles. The van der Waals surface area contributed by atoms with Gasteiger partial charge in [0.2, 0.25) is 5.91 Å². The number of benzene rings is 2. The van der Waals surface area contributed by atoms with E-state index in [2.05, 4.69) is 27.1 Å². The number of rotatable bonds is 6. The summed E-state index contributed by atoms with van der Waals surface area (Å²) in [6.07, 6.45) is 4.08. The molecule has 2 N–H and O–H groups in total. The molecule has 4 aromatic rings. The number of aryl methyl sites for hydroxylation is 1. The van der Waals surface area contributed by atoms with Gasteiger partial charge >= 0.3 is 0 Å². The number of para-hydroxylation sites is 2. The van der Waals surface area contributed by atoms with Crippen molar-refractivity contribution in [3.05, 3.63) is 76.5 Å². The topological polar surface area (TPSA) is 81.8 Å². The van der Waals surface area contributed by atoms with Crippen LogP contribution in [-0.2, 0) is 17.8 Å². The van der Waals surface area contributed by atoms with Gasteiger partial charge in [-0.1, -0.05) is 30.3 Å². The summed E-state index contributed by atoms with van der Waals surface area (Å²) in [4.78, 5) is 36.8. The molecule has 4 rings (SSSR count). The Balaban J connectivity index is 1.36. The number of carbonyl (C=O) groups excluding carboxylic acids is 1. The van der Waals surface area contributed by atoms with E-state index in [1.54, 1.807) is 24.1 Å². The number of aromatic nitrogens is 3. The van der Waals surface area contributed by atoms with E-state index >= 15 is 0 Å². The maximum absolute atomic E-state index is 12.5. The van der Waals surface area contributed by atoms with Crippen LogP contribution in [0.3, 0.4) is 0 Å². The third-order valence-electron chi connectivity index (χ3n) is 4.99. The van der Waals surface area contributed by atoms with E-state index in [4.69, 9.17) is 0 Å². The number of hydrogen-bond acceptors (Lipinski definition) is 3. The van der Waals surface area contributed by atoms with Gasteiger partial charge in [0.15, 0.2) is 0 Å². The summed E-state index contributed by atoms with van der Waals surface area (Å²) in [7, 11) is 1.74. The second-order valence-electron chi connectivity index (χ2n) is 6.99. The van der Waals surface area contributed by atoms with Gasteiger partial charge in [-0.25, -0.2) is 4.98 Å². The van der Waals surface area contributed by atoms with E-state index in [1.807, 2.05) is 30.5 Å². The van der Waals surface area contributed by atoms with Gasteiger partial charge in [0, 0.05) is 30.6 Å². The number of aromatic amines is 2. The molecule has 0 radical (unpaired) electrons. The van der Waals surface area contributed by atoms with Gasteiger partial charge in [-0.3, -0.25) is 9.59 Å². The molecule has 0 saturated heterocycles. The van der Waals surface area contributed by atoms with Crippen LogP contribution in [0.4, 0.5) is 0 Å². The van der Waals surface area contributed by atoms with Crippen LogP contribution < -0.4 is 5.56 Å². The maximum atomic E-state index is 12.5. The SMILES string of the molecule is CN(Cc1nc2ccccc2c(=O)[nH]1)C(=O)CCCc1c[nH]c2ccccc12. The minimum atomic E-state index is -0.180. The summed E-state index contributed by atoms with van der Waals surface area (Å²) >= 11 is 0. The predicted molar refractivity (Wildman–Crippen MR) is 110 cm³/mol. The number of carbonyl (C=O) groups is 1. The van der Waals surface area contributed by atoms with E-state index in [0.29, 0.717) is 23.1 Å². The van der Waals surface area contributed by atoms with Crippen molar-refractivity contribution < 1.29 is 4.79 Å². The van der Waals surface area contributed by atoms with E-state index in [1.165, 1.54) is 10.9 Å². The molecule has 0 atom stereocenters. The van der Waals surface area contributed by atoms with Crippen LogP contribution in [0.5, 0.6) is 0 Å². The van der Waals surface area contributed by atoms with Crippen LogP contribution in [-0.4, -0.2) is 32.8 Å². The number of amides is 1. The first-order valence-electron chi connectivity index (χ1n) is 9.39. The molecule has 28 heavy (non-hydrogen) atoms. The Kier molecular flexibility index (Phi) is 4.93. The summed E-state index contributed by atoms with van der Waals surface area (Å²) in [6, 6.07) is 15.4. The summed E-state index contributed by atoms with van der Waals surface area (Å²) in [5.41, 5.74) is 2.81. The fraction of sp³-hybridized carbons (Fsp3) is 0.227. The van der Waals surface area contributed by atoms with Gasteiger partial charge in [0.25, 0.3) is 5.56 Å². The van der Waals surface area contributed by atoms with Crippen LogP contribution in [0.25, 0.3) is 21.8 Å². The van der Waals surface area contributed by atoms with Crippen LogP contribution in [0.1, 0.15) is 24.2 Å². The van der Waals surface area contributed by atoms with Gasteiger partial charge in [-0.2, -0.15) is 0 Å². The Hall–Kier alpha value is -3.41. The number of fused-ring (bicyclic) bond motifs is 2. The van der Waals surface area contributed by atoms with Gasteiger partial charge in [0.1, 0.15) is 5.82 Å². The minimum Gasteiger partial charge on any atom is -0.361 e. The molecule has 6 nitrogen and oxygen atoms in total. The highest BCUT2D eigenvalue weighted by atomic mass is 16.2. The number of H-pyrrole nitrogens is 2. The maximum Gasteiger partial charge on any atom is 0.258 e. The standard InChI is InChI=1S/C22H22N4O2/c1-26(14-20-24-19-11-5-3-9-17(19)22(28)25-20)21(27)12-6-7-15-13-23-18-10-4-2-8-16(15)18/h2-5,8-11,13,23H,6-7,12,14H2,1H3,(H,24,25,28). The Bertz CT molecular complexity index is 1190. The number of nitrogens with one attached hydrogen (secondary N) is 2. The van der Waals surface area contributed by atoms with E-state index in [9.17, 15) is 9.59 Å². The summed E-state index contributed by atoms with van der Waals surface area (Å²) in [5.74, 6) is 0.534. The van der Waals surface area contributed by atoms with E-state index < -0.39 is 0 Å². The molecule has 0 fully saturated rings. The molecule has 2 aromatic carbocycles. The van der Waals surface area contributed by atoms with Crippen molar-refractivity contribution >= 4 is 27.7 Å². The van der Waals surface area contributed by atoms with Gasteiger partial charge in [-0.15, -0.1) is 0 Å². The summed E-state index contributed by atoms with van der Waals surface area (Å²) < 4.78 is 0. The van der Waals surface area contributed by atoms with Crippen LogP contribution in [0.2, 0.25) is 0 Å². The van der Waals surface area contributed by atoms with Crippen molar-refractivity contribution in [2.75, 3.05) is 7.05 Å². The van der Waals surface area contributed by atoms with Crippen LogP contribution >= 0.6 is 0 Å². The summed E-state index contributed by atoms with van der Waals surface area (Å²) in [5, 5.41) is 1.76. The smallest absolute Gasteiger partial charge is 0.258 e. The Labute approximate surface area is 162 Å². The molecule has 6 heteroatoms. The van der Waals surface area contributed by atoms with Crippen molar-refractivity contribution in [2.45, 2.75) is 25.8 Å². The molecule has 0 saturated carbocycles. The van der Waals surface area contributed by atoms with Gasteiger partial charge in [-0.05, 0) is 36.6 Å². The molecule has 2 heterocycles. The highest BCUT2D eigenvalue weighted by Gasteiger charge is 2.12. The average molecular weight is 374 g/mol. The first-order chi connectivity index (χ1) is 13.6. The molecular weight excluding hydrogens is 352 g/mol. The molecule has 0 bridgehead atoms. The Morgan fingerprint density at radius 1 is 1.07 bits per heavy atom. The zero-order valence-corrected chi connectivity index (χ0v) is 15.7. The lowest BCUT2D eigenvalue weighted by Crippen LogP contribution is -2.28. The molecule has 142 valence electrons. The zero-order chi connectivity index (χ0) is 19.5. The molecule has 2 aromatic heterocycles. The van der Waals surface area contributed by atoms with Crippen LogP contribution in [0.15, 0.2) is 59.5 Å². The Morgan fingerprint density at radius 2 is 1.82 bits per heavy atom. The van der Waals surface area contributed by atoms with Crippen molar-refractivity contribution in [1.29, 1.82) is 0 Å². The molecule has 0 aliphatic heterocycles. The highest BCUT2D eigenvalue weighted by molar-refractivity contribution is 5.83. The zero-order valence-electron chi connectivity index (χ0n) is 15.7. The first kappa shape index (κ1) is 18.0. The van der Waals surface area contributed by atoms with Crippen LogP contribution in [0, 0.1) is 0 Å². The number of hydrogen-bond donors (Lipinski definition) is 2. The van der Waals surface area contributed by atoms with Crippen molar-refractivity contribution in [3.63, 3.8) is 0 Å². The van der Waals surface area contributed by atoms with Gasteiger partial charge in [0.05, 0.1) is 17.4 Å². The normalized spacial score (nSPS) is 11.2. The molecule has 0 aliphatic rings. The molecule has 0 spiro atoms. The lowest BCUT2D eigenvalue weighted by molar-refractivity contribution is -0.130. The average Bonchev–Trinajstić information content (AvgIpc) is 3.11. The summed E-state index contributed by atoms with van der Waals surface area (Å²) in [6.45, 7) is 0.284. The van der Waals surface area contributed by atoms with Gasteiger partial charge < -0.3 is 14.9 Å². The minimum absolute atomic E-state index is 0.0376. The monoisotopic (exact) mass is 374 g/mol. The van der Waals surface area contributed by atoms with Crippen molar-refractivity contribution in [1.82, 2.24) is 19.9 Å². The van der Waals surface area contributed by atoms with Crippen molar-refractivity contribution in [2.24, 2.45) is 0 Å². The number of nitrogens with zero attached hydrogens (tertiary/aromatic N) is 2. The third-order valence-corrected chi connectivity index (χ3v) is 4.99. The third kappa shape index (κ3) is 3.67. The lowest BCUT2D eigenvalue weighted by atomic mass is 10.1. The first-order valence-corrected chi connectivity index (χ1v) is 9.39. The van der Waals surface area contributed by atoms with E-state index in [-0.39, 0.29) is 18.0 Å². The fourth-order valence-electron chi connectivity index (χ4n) is 3.48. The second kappa shape index (κ2) is 7.68. The molecular formula is C22H22N4O2. The predicted octanol–water partition coefficient (Wildman–Crippen LogP) is 3.39. The molecule has 0 unspecified atom stereocenters. The lowest BCUT2D eigenvalue weighted by Gasteiger charge is -2.16. The second-order valence-corrected chi connectivity index (χ2v) is 6.99.